The number of carbonyl (C=O) groups is 1. The first-order valence-electron chi connectivity index (χ1n) is 9.75. The molecule has 1 aliphatic rings. The number of aldehydes is 1. The standard InChI is InChI=1S/C23H30O4Si/c1-22(2,3)28(18-12-8-6-9-13-18,19-14-10-7-11-15-19)25-17-21-20(16-24)26-23(4,5)27-21/h6-16,20-21H,17H2,1-5H3/t20-,21-/m0/s1. The molecule has 1 fully saturated rings. The summed E-state index contributed by atoms with van der Waals surface area (Å²) in [7, 11) is -2.66. The molecule has 2 aromatic carbocycles. The van der Waals surface area contributed by atoms with Crippen molar-refractivity contribution in [1.82, 2.24) is 0 Å². The second-order valence-electron chi connectivity index (χ2n) is 8.75. The molecule has 150 valence electrons. The van der Waals surface area contributed by atoms with Gasteiger partial charge in [0, 0.05) is 0 Å². The summed E-state index contributed by atoms with van der Waals surface area (Å²) in [5, 5.41) is 2.28. The van der Waals surface area contributed by atoms with Crippen molar-refractivity contribution in [3.63, 3.8) is 0 Å². The van der Waals surface area contributed by atoms with Gasteiger partial charge in [0.15, 0.2) is 12.1 Å². The summed E-state index contributed by atoms with van der Waals surface area (Å²) in [6, 6.07) is 20.9. The smallest absolute Gasteiger partial charge is 0.261 e. The Kier molecular flexibility index (Phi) is 5.91. The van der Waals surface area contributed by atoms with E-state index in [9.17, 15) is 4.79 Å². The summed E-state index contributed by atoms with van der Waals surface area (Å²) in [6.45, 7) is 10.6. The number of hydrogen-bond acceptors (Lipinski definition) is 4. The van der Waals surface area contributed by atoms with E-state index in [4.69, 9.17) is 13.9 Å². The Hall–Kier alpha value is -1.79. The van der Waals surface area contributed by atoms with Gasteiger partial charge in [-0.05, 0) is 29.3 Å². The van der Waals surface area contributed by atoms with Gasteiger partial charge in [0.1, 0.15) is 12.2 Å². The van der Waals surface area contributed by atoms with Crippen LogP contribution in [0.25, 0.3) is 0 Å². The van der Waals surface area contributed by atoms with Gasteiger partial charge in [-0.1, -0.05) is 81.4 Å². The molecule has 0 saturated carbocycles. The summed E-state index contributed by atoms with van der Waals surface area (Å²) in [5.41, 5.74) is 0. The molecule has 3 rings (SSSR count). The molecular formula is C23H30O4Si. The van der Waals surface area contributed by atoms with Crippen LogP contribution in [0, 0.1) is 0 Å². The highest BCUT2D eigenvalue weighted by atomic mass is 28.4. The molecule has 0 N–H and O–H groups in total. The SMILES string of the molecule is CC1(C)O[C@@H](C=O)[C@H](CO[Si](c2ccccc2)(c2ccccc2)C(C)(C)C)O1. The van der Waals surface area contributed by atoms with Crippen LogP contribution in [-0.4, -0.2) is 39.2 Å². The highest BCUT2D eigenvalue weighted by molar-refractivity contribution is 6.99. The number of ether oxygens (including phenoxy) is 2. The lowest BCUT2D eigenvalue weighted by molar-refractivity contribution is -0.151. The minimum atomic E-state index is -2.66. The zero-order valence-electron chi connectivity index (χ0n) is 17.3. The molecule has 2 atom stereocenters. The molecule has 0 unspecified atom stereocenters. The van der Waals surface area contributed by atoms with Gasteiger partial charge in [0.2, 0.25) is 0 Å². The average molecular weight is 399 g/mol. The first kappa shape index (κ1) is 20.9. The maximum Gasteiger partial charge on any atom is 0.261 e. The summed E-state index contributed by atoms with van der Waals surface area (Å²) in [6.07, 6.45) is -0.226. The van der Waals surface area contributed by atoms with Crippen molar-refractivity contribution in [3.05, 3.63) is 60.7 Å². The molecule has 0 aromatic heterocycles. The van der Waals surface area contributed by atoms with Crippen molar-refractivity contribution >= 4 is 25.0 Å². The summed E-state index contributed by atoms with van der Waals surface area (Å²) >= 11 is 0. The molecular weight excluding hydrogens is 368 g/mol. The fraction of sp³-hybridized carbons (Fsp3) is 0.435. The molecule has 0 aliphatic carbocycles. The van der Waals surface area contributed by atoms with Crippen molar-refractivity contribution in [1.29, 1.82) is 0 Å². The average Bonchev–Trinajstić information content (AvgIpc) is 2.97. The Labute approximate surface area is 169 Å². The second-order valence-corrected chi connectivity index (χ2v) is 13.1. The fourth-order valence-electron chi connectivity index (χ4n) is 4.08. The minimum Gasteiger partial charge on any atom is -0.405 e. The zero-order chi connectivity index (χ0) is 20.4. The lowest BCUT2D eigenvalue weighted by Crippen LogP contribution is -2.67. The predicted molar refractivity (Wildman–Crippen MR) is 113 cm³/mol. The number of hydrogen-bond donors (Lipinski definition) is 0. The van der Waals surface area contributed by atoms with Crippen LogP contribution in [-0.2, 0) is 18.7 Å². The summed E-state index contributed by atoms with van der Waals surface area (Å²) < 4.78 is 18.5. The van der Waals surface area contributed by atoms with Gasteiger partial charge in [-0.25, -0.2) is 0 Å². The molecule has 0 radical (unpaired) electrons. The predicted octanol–water partition coefficient (Wildman–Crippen LogP) is 3.28. The number of rotatable bonds is 6. The summed E-state index contributed by atoms with van der Waals surface area (Å²) in [5.74, 6) is -0.787. The van der Waals surface area contributed by atoms with Crippen molar-refractivity contribution in [2.24, 2.45) is 0 Å². The maximum absolute atomic E-state index is 11.5. The lowest BCUT2D eigenvalue weighted by atomic mass is 10.2. The number of benzene rings is 2. The van der Waals surface area contributed by atoms with Gasteiger partial charge in [0.25, 0.3) is 8.32 Å². The molecule has 1 heterocycles. The maximum atomic E-state index is 11.5. The first-order valence-corrected chi connectivity index (χ1v) is 11.7. The first-order chi connectivity index (χ1) is 13.2. The van der Waals surface area contributed by atoms with Crippen molar-refractivity contribution in [3.8, 4) is 0 Å². The van der Waals surface area contributed by atoms with E-state index in [1.54, 1.807) is 0 Å². The van der Waals surface area contributed by atoms with E-state index in [2.05, 4.69) is 69.3 Å². The van der Waals surface area contributed by atoms with Crippen LogP contribution in [0.3, 0.4) is 0 Å². The number of carbonyl (C=O) groups excluding carboxylic acids is 1. The molecule has 2 aromatic rings. The molecule has 0 spiro atoms. The molecule has 4 nitrogen and oxygen atoms in total. The van der Waals surface area contributed by atoms with Gasteiger partial charge in [0.05, 0.1) is 6.61 Å². The van der Waals surface area contributed by atoms with E-state index in [0.717, 1.165) is 6.29 Å². The van der Waals surface area contributed by atoms with Gasteiger partial charge < -0.3 is 18.7 Å². The molecule has 28 heavy (non-hydrogen) atoms. The third-order valence-corrected chi connectivity index (χ3v) is 10.2. The highest BCUT2D eigenvalue weighted by Gasteiger charge is 2.51. The van der Waals surface area contributed by atoms with Crippen molar-refractivity contribution in [2.75, 3.05) is 6.61 Å². The van der Waals surface area contributed by atoms with Crippen molar-refractivity contribution in [2.45, 2.75) is 57.7 Å². The quantitative estimate of drug-likeness (QED) is 0.553. The van der Waals surface area contributed by atoms with E-state index in [-0.39, 0.29) is 5.04 Å². The monoisotopic (exact) mass is 398 g/mol. The van der Waals surface area contributed by atoms with Gasteiger partial charge in [-0.3, -0.25) is 0 Å². The van der Waals surface area contributed by atoms with Gasteiger partial charge >= 0.3 is 0 Å². The third-order valence-electron chi connectivity index (χ3n) is 5.24. The molecule has 1 aliphatic heterocycles. The van der Waals surface area contributed by atoms with Crippen LogP contribution < -0.4 is 10.4 Å². The van der Waals surface area contributed by atoms with E-state index >= 15 is 0 Å². The molecule has 5 heteroatoms. The lowest BCUT2D eigenvalue weighted by Gasteiger charge is -2.43. The Bertz CT molecular complexity index is 744. The minimum absolute atomic E-state index is 0.124. The van der Waals surface area contributed by atoms with Crippen LogP contribution in [0.5, 0.6) is 0 Å². The van der Waals surface area contributed by atoms with E-state index in [1.807, 2.05) is 26.0 Å². The third kappa shape index (κ3) is 3.98. The normalized spacial score (nSPS) is 22.2. The largest absolute Gasteiger partial charge is 0.405 e. The van der Waals surface area contributed by atoms with Crippen molar-refractivity contribution < 1.29 is 18.7 Å². The highest BCUT2D eigenvalue weighted by Crippen LogP contribution is 2.37. The Morgan fingerprint density at radius 3 is 1.89 bits per heavy atom. The van der Waals surface area contributed by atoms with Gasteiger partial charge in [-0.15, -0.1) is 0 Å². The van der Waals surface area contributed by atoms with E-state index in [0.29, 0.717) is 6.61 Å². The molecule has 0 amide bonds. The Balaban J connectivity index is 2.03. The van der Waals surface area contributed by atoms with Crippen LogP contribution >= 0.6 is 0 Å². The van der Waals surface area contributed by atoms with Crippen LogP contribution in [0.15, 0.2) is 60.7 Å². The molecule has 1 saturated heterocycles. The second kappa shape index (κ2) is 7.91. The zero-order valence-corrected chi connectivity index (χ0v) is 18.3. The fourth-order valence-corrected chi connectivity index (χ4v) is 8.65. The topological polar surface area (TPSA) is 44.8 Å². The Morgan fingerprint density at radius 1 is 0.964 bits per heavy atom. The Morgan fingerprint density at radius 2 is 1.46 bits per heavy atom. The van der Waals surface area contributed by atoms with Gasteiger partial charge in [-0.2, -0.15) is 0 Å². The van der Waals surface area contributed by atoms with Crippen LogP contribution in [0.2, 0.25) is 5.04 Å². The van der Waals surface area contributed by atoms with Crippen LogP contribution in [0.4, 0.5) is 0 Å². The van der Waals surface area contributed by atoms with E-state index in [1.165, 1.54) is 10.4 Å². The molecule has 0 bridgehead atoms. The van der Waals surface area contributed by atoms with Crippen LogP contribution in [0.1, 0.15) is 34.6 Å². The summed E-state index contributed by atoms with van der Waals surface area (Å²) in [4.78, 5) is 11.5. The van der Waals surface area contributed by atoms with E-state index < -0.39 is 26.3 Å².